The summed E-state index contributed by atoms with van der Waals surface area (Å²) in [7, 11) is 0. The SMILES string of the molecule is C=CCSc1nnc2n3ncnc3c3c4c(sc3n12)CC[C@H](C)C4. The maximum atomic E-state index is 4.53. The minimum Gasteiger partial charge on any atom is -0.244 e. The molecule has 8 heteroatoms. The van der Waals surface area contributed by atoms with E-state index in [1.165, 1.54) is 27.1 Å². The number of hydrogen-bond donors (Lipinski definition) is 0. The van der Waals surface area contributed by atoms with Crippen LogP contribution in [-0.4, -0.2) is 34.9 Å². The van der Waals surface area contributed by atoms with Gasteiger partial charge in [-0.05, 0) is 30.7 Å². The molecule has 24 heavy (non-hydrogen) atoms. The topological polar surface area (TPSA) is 60.4 Å². The molecule has 0 aliphatic heterocycles. The van der Waals surface area contributed by atoms with Crippen molar-refractivity contribution in [2.45, 2.75) is 31.3 Å². The third kappa shape index (κ3) is 1.89. The zero-order chi connectivity index (χ0) is 16.3. The average molecular weight is 356 g/mol. The lowest BCUT2D eigenvalue weighted by atomic mass is 9.89. The van der Waals surface area contributed by atoms with E-state index in [-0.39, 0.29) is 0 Å². The average Bonchev–Trinajstić information content (AvgIpc) is 3.27. The summed E-state index contributed by atoms with van der Waals surface area (Å²) in [5, 5.41) is 15.3. The lowest BCUT2D eigenvalue weighted by molar-refractivity contribution is 0.508. The first-order chi connectivity index (χ1) is 11.8. The summed E-state index contributed by atoms with van der Waals surface area (Å²) in [6.45, 7) is 6.13. The fraction of sp³-hybridized carbons (Fsp3) is 0.375. The zero-order valence-electron chi connectivity index (χ0n) is 13.3. The second kappa shape index (κ2) is 5.29. The van der Waals surface area contributed by atoms with Crippen molar-refractivity contribution in [1.29, 1.82) is 0 Å². The number of fused-ring (bicyclic) bond motifs is 8. The van der Waals surface area contributed by atoms with E-state index in [2.05, 4.69) is 38.2 Å². The molecule has 0 spiro atoms. The van der Waals surface area contributed by atoms with E-state index >= 15 is 0 Å². The monoisotopic (exact) mass is 356 g/mol. The Morgan fingerprint density at radius 1 is 1.46 bits per heavy atom. The van der Waals surface area contributed by atoms with Gasteiger partial charge in [0.25, 0.3) is 5.78 Å². The van der Waals surface area contributed by atoms with Gasteiger partial charge in [0.15, 0.2) is 10.8 Å². The summed E-state index contributed by atoms with van der Waals surface area (Å²) in [5.41, 5.74) is 2.35. The Labute approximate surface area is 146 Å². The van der Waals surface area contributed by atoms with Crippen LogP contribution in [0.1, 0.15) is 23.8 Å². The normalized spacial score (nSPS) is 17.8. The molecule has 1 aliphatic rings. The first-order valence-electron chi connectivity index (χ1n) is 8.02. The van der Waals surface area contributed by atoms with Crippen molar-refractivity contribution in [3.8, 4) is 0 Å². The van der Waals surface area contributed by atoms with Crippen LogP contribution in [0.25, 0.3) is 21.6 Å². The molecule has 0 radical (unpaired) electrons. The van der Waals surface area contributed by atoms with Gasteiger partial charge in [0.1, 0.15) is 11.2 Å². The Kier molecular flexibility index (Phi) is 3.18. The summed E-state index contributed by atoms with van der Waals surface area (Å²) in [4.78, 5) is 7.20. The molecule has 6 nitrogen and oxygen atoms in total. The lowest BCUT2D eigenvalue weighted by Crippen LogP contribution is -2.09. The van der Waals surface area contributed by atoms with Crippen molar-refractivity contribution < 1.29 is 0 Å². The van der Waals surface area contributed by atoms with Crippen LogP contribution in [-0.2, 0) is 12.8 Å². The van der Waals surface area contributed by atoms with Gasteiger partial charge in [0, 0.05) is 10.6 Å². The fourth-order valence-corrected chi connectivity index (χ4v) is 5.56. The van der Waals surface area contributed by atoms with Crippen molar-refractivity contribution >= 4 is 44.7 Å². The van der Waals surface area contributed by atoms with Gasteiger partial charge in [-0.2, -0.15) is 9.61 Å². The molecule has 1 atom stereocenters. The highest BCUT2D eigenvalue weighted by Crippen LogP contribution is 2.40. The Morgan fingerprint density at radius 2 is 2.38 bits per heavy atom. The van der Waals surface area contributed by atoms with Crippen molar-refractivity contribution in [2.75, 3.05) is 5.75 Å². The summed E-state index contributed by atoms with van der Waals surface area (Å²) in [6, 6.07) is 0. The second-order valence-corrected chi connectivity index (χ2v) is 8.32. The van der Waals surface area contributed by atoms with Gasteiger partial charge in [0.2, 0.25) is 0 Å². The van der Waals surface area contributed by atoms with Crippen LogP contribution >= 0.6 is 23.1 Å². The number of aromatic nitrogens is 6. The van der Waals surface area contributed by atoms with Crippen molar-refractivity contribution in [2.24, 2.45) is 5.92 Å². The maximum absolute atomic E-state index is 4.53. The van der Waals surface area contributed by atoms with Crippen LogP contribution in [0.5, 0.6) is 0 Å². The molecule has 4 aromatic heterocycles. The Morgan fingerprint density at radius 3 is 3.25 bits per heavy atom. The molecule has 0 unspecified atom stereocenters. The van der Waals surface area contributed by atoms with Gasteiger partial charge in [-0.3, -0.25) is 0 Å². The molecule has 4 heterocycles. The van der Waals surface area contributed by atoms with Crippen molar-refractivity contribution in [3.63, 3.8) is 0 Å². The molecule has 0 fully saturated rings. The van der Waals surface area contributed by atoms with Crippen LogP contribution in [0.3, 0.4) is 0 Å². The first kappa shape index (κ1) is 14.4. The highest BCUT2D eigenvalue weighted by Gasteiger charge is 2.26. The minimum absolute atomic E-state index is 0.712. The standard InChI is InChI=1S/C16H16N6S2/c1-3-6-23-16-20-19-15-21(16)14-12(13-17-8-18-22(13)15)10-7-9(2)4-5-11(10)24-14/h3,8-9H,1,4-7H2,2H3/t9-/m0/s1. The number of nitrogens with zero attached hydrogens (tertiary/aromatic N) is 6. The van der Waals surface area contributed by atoms with Crippen LogP contribution in [0, 0.1) is 5.92 Å². The highest BCUT2D eigenvalue weighted by atomic mass is 32.2. The molecule has 0 bridgehead atoms. The van der Waals surface area contributed by atoms with Gasteiger partial charge >= 0.3 is 0 Å². The van der Waals surface area contributed by atoms with Crippen LogP contribution in [0.4, 0.5) is 0 Å². The van der Waals surface area contributed by atoms with Crippen molar-refractivity contribution in [3.05, 3.63) is 29.4 Å². The fourth-order valence-electron chi connectivity index (χ4n) is 3.49. The number of rotatable bonds is 3. The Bertz CT molecular complexity index is 1090. The molecular weight excluding hydrogens is 340 g/mol. The second-order valence-electron chi connectivity index (χ2n) is 6.25. The number of thiophene rings is 1. The molecular formula is C16H16N6S2. The minimum atomic E-state index is 0.712. The maximum Gasteiger partial charge on any atom is 0.260 e. The van der Waals surface area contributed by atoms with E-state index < -0.39 is 0 Å². The lowest BCUT2D eigenvalue weighted by Gasteiger charge is -2.17. The third-order valence-corrected chi connectivity index (χ3v) is 6.80. The highest BCUT2D eigenvalue weighted by molar-refractivity contribution is 7.99. The van der Waals surface area contributed by atoms with Crippen LogP contribution in [0.15, 0.2) is 24.1 Å². The molecule has 0 saturated heterocycles. The molecule has 122 valence electrons. The van der Waals surface area contributed by atoms with Crippen LogP contribution < -0.4 is 0 Å². The number of thioether (sulfide) groups is 1. The van der Waals surface area contributed by atoms with E-state index in [1.807, 2.05) is 21.9 Å². The molecule has 0 amide bonds. The van der Waals surface area contributed by atoms with E-state index in [9.17, 15) is 0 Å². The number of hydrogen-bond acceptors (Lipinski definition) is 6. The molecule has 1 aliphatic carbocycles. The van der Waals surface area contributed by atoms with E-state index in [4.69, 9.17) is 0 Å². The predicted molar refractivity (Wildman–Crippen MR) is 97.0 cm³/mol. The largest absolute Gasteiger partial charge is 0.260 e. The van der Waals surface area contributed by atoms with E-state index in [0.717, 1.165) is 35.2 Å². The summed E-state index contributed by atoms with van der Waals surface area (Å²) in [5.74, 6) is 2.25. The van der Waals surface area contributed by atoms with Gasteiger partial charge in [-0.1, -0.05) is 24.8 Å². The molecule has 0 N–H and O–H groups in total. The predicted octanol–water partition coefficient (Wildman–Crippen LogP) is 3.39. The van der Waals surface area contributed by atoms with Gasteiger partial charge in [-0.15, -0.1) is 28.1 Å². The van der Waals surface area contributed by atoms with Crippen molar-refractivity contribution in [1.82, 2.24) is 29.2 Å². The Balaban J connectivity index is 1.93. The number of aryl methyl sites for hydroxylation is 1. The van der Waals surface area contributed by atoms with Gasteiger partial charge in [0.05, 0.1) is 5.39 Å². The van der Waals surface area contributed by atoms with E-state index in [1.54, 1.807) is 18.1 Å². The first-order valence-corrected chi connectivity index (χ1v) is 9.83. The summed E-state index contributed by atoms with van der Waals surface area (Å²) < 4.78 is 3.96. The van der Waals surface area contributed by atoms with Crippen LogP contribution in [0.2, 0.25) is 0 Å². The quantitative estimate of drug-likeness (QED) is 0.416. The Hall–Kier alpha value is -1.93. The molecule has 0 aromatic carbocycles. The third-order valence-electron chi connectivity index (χ3n) is 4.60. The molecule has 0 saturated carbocycles. The molecule has 4 aromatic rings. The summed E-state index contributed by atoms with van der Waals surface area (Å²) in [6.07, 6.45) is 7.01. The van der Waals surface area contributed by atoms with Gasteiger partial charge in [-0.25, -0.2) is 9.38 Å². The smallest absolute Gasteiger partial charge is 0.244 e. The summed E-state index contributed by atoms with van der Waals surface area (Å²) >= 11 is 3.51. The zero-order valence-corrected chi connectivity index (χ0v) is 14.9. The van der Waals surface area contributed by atoms with E-state index in [0.29, 0.717) is 5.92 Å². The molecule has 5 rings (SSSR count). The van der Waals surface area contributed by atoms with Gasteiger partial charge < -0.3 is 0 Å².